The standard InChI is InChI=1S/C15H18ClN3O2S/c1-9-12(16)13(22-19-9)17-14(20)18-15(2,3)10-7-5-6-8-11(10)21-4/h5-8H,1-4H3,(H2,17,18,20). The predicted molar refractivity (Wildman–Crippen MR) is 90.0 cm³/mol. The van der Waals surface area contributed by atoms with Gasteiger partial charge >= 0.3 is 6.03 Å². The van der Waals surface area contributed by atoms with Crippen LogP contribution in [0.3, 0.4) is 0 Å². The molecule has 1 heterocycles. The van der Waals surface area contributed by atoms with E-state index in [0.717, 1.165) is 22.8 Å². The number of anilines is 1. The van der Waals surface area contributed by atoms with E-state index in [-0.39, 0.29) is 6.03 Å². The van der Waals surface area contributed by atoms with E-state index in [2.05, 4.69) is 15.0 Å². The number of aryl methyl sites for hydroxylation is 1. The third-order valence-electron chi connectivity index (χ3n) is 3.22. The van der Waals surface area contributed by atoms with E-state index in [1.165, 1.54) is 0 Å². The van der Waals surface area contributed by atoms with Gasteiger partial charge in [0.05, 0.1) is 23.4 Å². The van der Waals surface area contributed by atoms with Crippen LogP contribution in [0.2, 0.25) is 5.02 Å². The normalized spacial score (nSPS) is 11.1. The van der Waals surface area contributed by atoms with Crippen molar-refractivity contribution in [3.05, 3.63) is 40.5 Å². The molecule has 2 amide bonds. The van der Waals surface area contributed by atoms with Gasteiger partial charge in [-0.3, -0.25) is 5.32 Å². The molecule has 118 valence electrons. The van der Waals surface area contributed by atoms with Crippen molar-refractivity contribution in [2.75, 3.05) is 12.4 Å². The molecule has 0 saturated carbocycles. The fourth-order valence-corrected chi connectivity index (χ4v) is 3.01. The Bertz CT molecular complexity index is 685. The monoisotopic (exact) mass is 339 g/mol. The highest BCUT2D eigenvalue weighted by atomic mass is 35.5. The molecule has 1 aromatic carbocycles. The maximum Gasteiger partial charge on any atom is 0.320 e. The molecule has 0 radical (unpaired) electrons. The van der Waals surface area contributed by atoms with Gasteiger partial charge in [-0.1, -0.05) is 29.8 Å². The van der Waals surface area contributed by atoms with Crippen LogP contribution >= 0.6 is 23.1 Å². The Morgan fingerprint density at radius 1 is 1.36 bits per heavy atom. The minimum absolute atomic E-state index is 0.346. The van der Waals surface area contributed by atoms with Crippen LogP contribution in [0.15, 0.2) is 24.3 Å². The fourth-order valence-electron chi connectivity index (χ4n) is 2.08. The summed E-state index contributed by atoms with van der Waals surface area (Å²) in [5.41, 5.74) is 0.980. The summed E-state index contributed by atoms with van der Waals surface area (Å²) in [6, 6.07) is 7.23. The molecule has 0 fully saturated rings. The molecule has 0 aliphatic carbocycles. The van der Waals surface area contributed by atoms with Crippen molar-refractivity contribution in [2.45, 2.75) is 26.3 Å². The minimum atomic E-state index is -0.608. The number of hydrogen-bond acceptors (Lipinski definition) is 4. The lowest BCUT2D eigenvalue weighted by Crippen LogP contribution is -2.43. The zero-order valence-corrected chi connectivity index (χ0v) is 14.4. The van der Waals surface area contributed by atoms with E-state index < -0.39 is 5.54 Å². The minimum Gasteiger partial charge on any atom is -0.496 e. The molecule has 0 unspecified atom stereocenters. The van der Waals surface area contributed by atoms with E-state index in [0.29, 0.717) is 15.7 Å². The number of aromatic nitrogens is 1. The van der Waals surface area contributed by atoms with Crippen LogP contribution in [-0.2, 0) is 5.54 Å². The number of nitrogens with zero attached hydrogens (tertiary/aromatic N) is 1. The number of ether oxygens (including phenoxy) is 1. The van der Waals surface area contributed by atoms with E-state index in [1.807, 2.05) is 38.1 Å². The highest BCUT2D eigenvalue weighted by molar-refractivity contribution is 7.11. The van der Waals surface area contributed by atoms with E-state index in [1.54, 1.807) is 14.0 Å². The molecule has 0 saturated heterocycles. The van der Waals surface area contributed by atoms with Crippen LogP contribution in [0, 0.1) is 6.92 Å². The Kier molecular flexibility index (Phi) is 4.93. The second-order valence-electron chi connectivity index (χ2n) is 5.32. The predicted octanol–water partition coefficient (Wildman–Crippen LogP) is 4.17. The Hall–Kier alpha value is -1.79. The summed E-state index contributed by atoms with van der Waals surface area (Å²) < 4.78 is 9.45. The number of carbonyl (C=O) groups excluding carboxylic acids is 1. The first-order valence-corrected chi connectivity index (χ1v) is 7.84. The molecule has 2 aromatic rings. The lowest BCUT2D eigenvalue weighted by Gasteiger charge is -2.28. The van der Waals surface area contributed by atoms with Gasteiger partial charge in [-0.2, -0.15) is 4.37 Å². The fraction of sp³-hybridized carbons (Fsp3) is 0.333. The summed E-state index contributed by atoms with van der Waals surface area (Å²) >= 11 is 7.23. The third-order valence-corrected chi connectivity index (χ3v) is 4.65. The molecule has 22 heavy (non-hydrogen) atoms. The molecule has 0 bridgehead atoms. The van der Waals surface area contributed by atoms with Crippen molar-refractivity contribution < 1.29 is 9.53 Å². The Balaban J connectivity index is 2.14. The molecular formula is C15H18ClN3O2S. The number of para-hydroxylation sites is 1. The summed E-state index contributed by atoms with van der Waals surface area (Å²) in [7, 11) is 1.61. The second-order valence-corrected chi connectivity index (χ2v) is 6.47. The molecule has 5 nitrogen and oxygen atoms in total. The molecule has 0 aliphatic heterocycles. The maximum atomic E-state index is 12.2. The highest BCUT2D eigenvalue weighted by Crippen LogP contribution is 2.31. The summed E-state index contributed by atoms with van der Waals surface area (Å²) in [6.45, 7) is 5.61. The second kappa shape index (κ2) is 6.54. The number of rotatable bonds is 4. The van der Waals surface area contributed by atoms with Gasteiger partial charge in [0.25, 0.3) is 0 Å². The van der Waals surface area contributed by atoms with Crippen LogP contribution in [-0.4, -0.2) is 17.5 Å². The summed E-state index contributed by atoms with van der Waals surface area (Å²) in [5.74, 6) is 0.722. The molecule has 2 N–H and O–H groups in total. The smallest absolute Gasteiger partial charge is 0.320 e. The zero-order chi connectivity index (χ0) is 16.3. The lowest BCUT2D eigenvalue weighted by molar-refractivity contribution is 0.241. The quantitative estimate of drug-likeness (QED) is 0.878. The van der Waals surface area contributed by atoms with Crippen molar-refractivity contribution in [2.24, 2.45) is 0 Å². The van der Waals surface area contributed by atoms with Gasteiger partial charge in [0, 0.05) is 5.56 Å². The number of nitrogens with one attached hydrogen (secondary N) is 2. The zero-order valence-electron chi connectivity index (χ0n) is 12.9. The van der Waals surface area contributed by atoms with Gasteiger partial charge in [0.1, 0.15) is 10.8 Å². The van der Waals surface area contributed by atoms with Crippen LogP contribution < -0.4 is 15.4 Å². The van der Waals surface area contributed by atoms with E-state index >= 15 is 0 Å². The van der Waals surface area contributed by atoms with E-state index in [4.69, 9.17) is 16.3 Å². The number of methoxy groups -OCH3 is 1. The lowest BCUT2D eigenvalue weighted by atomic mass is 9.93. The topological polar surface area (TPSA) is 63.2 Å². The maximum absolute atomic E-state index is 12.2. The Labute approximate surface area is 138 Å². The summed E-state index contributed by atoms with van der Waals surface area (Å²) in [6.07, 6.45) is 0. The average Bonchev–Trinajstić information content (AvgIpc) is 2.78. The number of carbonyl (C=O) groups is 1. The van der Waals surface area contributed by atoms with Crippen molar-refractivity contribution in [3.63, 3.8) is 0 Å². The van der Waals surface area contributed by atoms with Gasteiger partial charge in [-0.15, -0.1) is 0 Å². The molecule has 1 aromatic heterocycles. The summed E-state index contributed by atoms with van der Waals surface area (Å²) in [4.78, 5) is 12.2. The first-order valence-electron chi connectivity index (χ1n) is 6.69. The molecule has 2 rings (SSSR count). The molecule has 0 spiro atoms. The van der Waals surface area contributed by atoms with Crippen molar-refractivity contribution in [1.82, 2.24) is 9.69 Å². The first-order chi connectivity index (χ1) is 10.3. The van der Waals surface area contributed by atoms with E-state index in [9.17, 15) is 4.79 Å². The van der Waals surface area contributed by atoms with Gasteiger partial charge in [0.15, 0.2) is 0 Å². The van der Waals surface area contributed by atoms with Gasteiger partial charge in [0.2, 0.25) is 0 Å². The molecule has 0 aliphatic rings. The van der Waals surface area contributed by atoms with Crippen molar-refractivity contribution >= 4 is 34.2 Å². The van der Waals surface area contributed by atoms with Crippen molar-refractivity contribution in [1.29, 1.82) is 0 Å². The number of amides is 2. The summed E-state index contributed by atoms with van der Waals surface area (Å²) in [5, 5.41) is 6.65. The van der Waals surface area contributed by atoms with Crippen LogP contribution in [0.4, 0.5) is 9.80 Å². The largest absolute Gasteiger partial charge is 0.496 e. The van der Waals surface area contributed by atoms with Gasteiger partial charge < -0.3 is 10.1 Å². The van der Waals surface area contributed by atoms with Crippen LogP contribution in [0.1, 0.15) is 25.1 Å². The first kappa shape index (κ1) is 16.6. The van der Waals surface area contributed by atoms with Crippen LogP contribution in [0.25, 0.3) is 0 Å². The molecule has 0 atom stereocenters. The Morgan fingerprint density at radius 3 is 2.64 bits per heavy atom. The number of halogens is 1. The number of urea groups is 1. The van der Waals surface area contributed by atoms with Crippen molar-refractivity contribution in [3.8, 4) is 5.75 Å². The molecular weight excluding hydrogens is 322 g/mol. The highest BCUT2D eigenvalue weighted by Gasteiger charge is 2.26. The van der Waals surface area contributed by atoms with Gasteiger partial charge in [-0.25, -0.2) is 4.79 Å². The third kappa shape index (κ3) is 3.51. The number of hydrogen-bond donors (Lipinski definition) is 2. The molecule has 7 heteroatoms. The average molecular weight is 340 g/mol. The van der Waals surface area contributed by atoms with Crippen LogP contribution in [0.5, 0.6) is 5.75 Å². The Morgan fingerprint density at radius 2 is 2.05 bits per heavy atom. The van der Waals surface area contributed by atoms with Gasteiger partial charge in [-0.05, 0) is 38.4 Å². The SMILES string of the molecule is COc1ccccc1C(C)(C)NC(=O)Nc1snc(C)c1Cl. The number of benzene rings is 1.